The van der Waals surface area contributed by atoms with E-state index in [9.17, 15) is 0 Å². The van der Waals surface area contributed by atoms with Crippen molar-refractivity contribution < 1.29 is 0 Å². The predicted molar refractivity (Wildman–Crippen MR) is 57.2 cm³/mol. The summed E-state index contributed by atoms with van der Waals surface area (Å²) >= 11 is 0. The van der Waals surface area contributed by atoms with Gasteiger partial charge in [0.15, 0.2) is 0 Å². The van der Waals surface area contributed by atoms with E-state index in [1.807, 2.05) is 19.3 Å². The van der Waals surface area contributed by atoms with Crippen molar-refractivity contribution in [3.05, 3.63) is 24.0 Å². The molecule has 2 aromatic heterocycles. The van der Waals surface area contributed by atoms with Crippen molar-refractivity contribution in [3.8, 4) is 0 Å². The van der Waals surface area contributed by atoms with E-state index in [0.717, 1.165) is 16.7 Å². The largest absolute Gasteiger partial charge is 0.273 e. The third-order valence-electron chi connectivity index (χ3n) is 2.25. The molecule has 0 atom stereocenters. The number of hydrogen-bond acceptors (Lipinski definition) is 2. The molecule has 0 aromatic carbocycles. The summed E-state index contributed by atoms with van der Waals surface area (Å²) in [6, 6.07) is 4.08. The molecule has 0 aliphatic carbocycles. The van der Waals surface area contributed by atoms with Crippen molar-refractivity contribution in [1.29, 1.82) is 0 Å². The maximum atomic E-state index is 4.58. The highest BCUT2D eigenvalue weighted by Crippen LogP contribution is 2.21. The smallest absolute Gasteiger partial charge is 0.111 e. The predicted octanol–water partition coefficient (Wildman–Crippen LogP) is 2.27. The summed E-state index contributed by atoms with van der Waals surface area (Å²) < 4.78 is 1.80. The maximum Gasteiger partial charge on any atom is 0.111 e. The Hall–Kier alpha value is -1.38. The zero-order valence-corrected chi connectivity index (χ0v) is 9.07. The molecule has 0 saturated heterocycles. The van der Waals surface area contributed by atoms with Crippen LogP contribution in [0.2, 0.25) is 0 Å². The normalized spacial score (nSPS) is 12.3. The first-order chi connectivity index (χ1) is 6.47. The number of nitrogens with zero attached hydrogens (tertiary/aromatic N) is 3. The fraction of sp³-hybridized carbons (Fsp3) is 0.455. The second-order valence-corrected chi connectivity index (χ2v) is 4.65. The van der Waals surface area contributed by atoms with Gasteiger partial charge in [-0.05, 0) is 12.1 Å². The molecular formula is C11H15N3. The van der Waals surface area contributed by atoms with Crippen LogP contribution >= 0.6 is 0 Å². The van der Waals surface area contributed by atoms with E-state index < -0.39 is 0 Å². The van der Waals surface area contributed by atoms with Crippen molar-refractivity contribution in [2.45, 2.75) is 26.2 Å². The van der Waals surface area contributed by atoms with Crippen LogP contribution < -0.4 is 0 Å². The lowest BCUT2D eigenvalue weighted by atomic mass is 9.91. The van der Waals surface area contributed by atoms with Crippen molar-refractivity contribution >= 4 is 11.0 Å². The van der Waals surface area contributed by atoms with Crippen LogP contribution in [-0.2, 0) is 12.5 Å². The van der Waals surface area contributed by atoms with Crippen LogP contribution in [0.4, 0.5) is 0 Å². The molecule has 0 radical (unpaired) electrons. The number of pyridine rings is 1. The molecule has 0 saturated carbocycles. The van der Waals surface area contributed by atoms with Crippen LogP contribution in [0.25, 0.3) is 11.0 Å². The lowest BCUT2D eigenvalue weighted by Crippen LogP contribution is -2.12. The zero-order chi connectivity index (χ0) is 10.3. The van der Waals surface area contributed by atoms with E-state index in [4.69, 9.17) is 0 Å². The molecule has 0 unspecified atom stereocenters. The van der Waals surface area contributed by atoms with Crippen LogP contribution in [0.5, 0.6) is 0 Å². The van der Waals surface area contributed by atoms with Crippen LogP contribution in [-0.4, -0.2) is 14.8 Å². The Bertz CT molecular complexity index is 463. The molecule has 0 aliphatic rings. The molecule has 0 amide bonds. The fourth-order valence-electron chi connectivity index (χ4n) is 1.44. The molecular weight excluding hydrogens is 174 g/mol. The number of aryl methyl sites for hydroxylation is 1. The summed E-state index contributed by atoms with van der Waals surface area (Å²) in [7, 11) is 1.92. The summed E-state index contributed by atoms with van der Waals surface area (Å²) in [6.45, 7) is 6.49. The van der Waals surface area contributed by atoms with Crippen molar-refractivity contribution in [2.24, 2.45) is 7.05 Å². The highest BCUT2D eigenvalue weighted by atomic mass is 15.3. The fourth-order valence-corrected chi connectivity index (χ4v) is 1.44. The molecule has 3 heteroatoms. The molecule has 74 valence electrons. The molecule has 0 spiro atoms. The molecule has 2 aromatic rings. The maximum absolute atomic E-state index is 4.58. The van der Waals surface area contributed by atoms with Gasteiger partial charge >= 0.3 is 0 Å². The van der Waals surface area contributed by atoms with E-state index >= 15 is 0 Å². The minimum atomic E-state index is 0.101. The quantitative estimate of drug-likeness (QED) is 0.636. The van der Waals surface area contributed by atoms with E-state index in [0.29, 0.717) is 0 Å². The highest BCUT2D eigenvalue weighted by Gasteiger charge is 2.15. The van der Waals surface area contributed by atoms with E-state index in [1.54, 1.807) is 4.68 Å². The lowest BCUT2D eigenvalue weighted by molar-refractivity contribution is 0.571. The van der Waals surface area contributed by atoms with Gasteiger partial charge in [0.1, 0.15) is 11.0 Å². The first-order valence-corrected chi connectivity index (χ1v) is 4.78. The zero-order valence-electron chi connectivity index (χ0n) is 9.07. The van der Waals surface area contributed by atoms with Crippen molar-refractivity contribution in [2.75, 3.05) is 0 Å². The Morgan fingerprint density at radius 3 is 2.50 bits per heavy atom. The summed E-state index contributed by atoms with van der Waals surface area (Å²) in [5.74, 6) is 0. The summed E-state index contributed by atoms with van der Waals surface area (Å²) in [4.78, 5) is 4.58. The average Bonchev–Trinajstić information content (AvgIpc) is 2.41. The van der Waals surface area contributed by atoms with E-state index in [-0.39, 0.29) is 5.41 Å². The van der Waals surface area contributed by atoms with Gasteiger partial charge < -0.3 is 0 Å². The van der Waals surface area contributed by atoms with Crippen LogP contribution in [0.15, 0.2) is 18.3 Å². The van der Waals surface area contributed by atoms with Gasteiger partial charge in [-0.3, -0.25) is 4.68 Å². The van der Waals surface area contributed by atoms with E-state index in [1.165, 1.54) is 0 Å². The Morgan fingerprint density at radius 2 is 1.86 bits per heavy atom. The van der Waals surface area contributed by atoms with Gasteiger partial charge in [0.25, 0.3) is 0 Å². The molecule has 0 bridgehead atoms. The number of rotatable bonds is 0. The summed E-state index contributed by atoms with van der Waals surface area (Å²) in [5.41, 5.74) is 3.14. The van der Waals surface area contributed by atoms with Crippen LogP contribution in [0.1, 0.15) is 26.5 Å². The minimum absolute atomic E-state index is 0.101. The van der Waals surface area contributed by atoms with Gasteiger partial charge in [-0.25, -0.2) is 4.98 Å². The monoisotopic (exact) mass is 189 g/mol. The third kappa shape index (κ3) is 1.50. The molecule has 2 rings (SSSR count). The molecule has 0 aliphatic heterocycles. The lowest BCUT2D eigenvalue weighted by Gasteiger charge is -2.16. The molecule has 2 heterocycles. The number of hydrogen-bond donors (Lipinski definition) is 0. The van der Waals surface area contributed by atoms with Gasteiger partial charge in [-0.15, -0.1) is 0 Å². The first-order valence-electron chi connectivity index (χ1n) is 4.78. The Morgan fingerprint density at radius 1 is 1.14 bits per heavy atom. The standard InChI is InChI=1S/C11H15N3/c1-11(2,3)10-6-5-8-9(12-10)7-14(4)13-8/h5-7H,1-4H3. The molecule has 0 N–H and O–H groups in total. The summed E-state index contributed by atoms with van der Waals surface area (Å²) in [6.07, 6.45) is 1.95. The van der Waals surface area contributed by atoms with Gasteiger partial charge in [0, 0.05) is 18.2 Å². The third-order valence-corrected chi connectivity index (χ3v) is 2.25. The van der Waals surface area contributed by atoms with Gasteiger partial charge in [0.05, 0.1) is 6.20 Å². The van der Waals surface area contributed by atoms with Crippen LogP contribution in [0.3, 0.4) is 0 Å². The Balaban J connectivity index is 2.62. The summed E-state index contributed by atoms with van der Waals surface area (Å²) in [5, 5.41) is 4.29. The highest BCUT2D eigenvalue weighted by molar-refractivity contribution is 5.73. The van der Waals surface area contributed by atoms with Gasteiger partial charge in [-0.2, -0.15) is 5.10 Å². The second kappa shape index (κ2) is 2.80. The molecule has 0 fully saturated rings. The average molecular weight is 189 g/mol. The van der Waals surface area contributed by atoms with Gasteiger partial charge in [0.2, 0.25) is 0 Å². The number of aromatic nitrogens is 3. The topological polar surface area (TPSA) is 30.7 Å². The van der Waals surface area contributed by atoms with E-state index in [2.05, 4.69) is 36.9 Å². The van der Waals surface area contributed by atoms with Gasteiger partial charge in [-0.1, -0.05) is 20.8 Å². The Kier molecular flexibility index (Phi) is 1.84. The molecule has 14 heavy (non-hydrogen) atoms. The molecule has 3 nitrogen and oxygen atoms in total. The Labute approximate surface area is 83.8 Å². The SMILES string of the molecule is Cn1cc2nc(C(C)(C)C)ccc2n1. The minimum Gasteiger partial charge on any atom is -0.273 e. The first kappa shape index (κ1) is 9.19. The second-order valence-electron chi connectivity index (χ2n) is 4.65. The van der Waals surface area contributed by atoms with Crippen molar-refractivity contribution in [1.82, 2.24) is 14.8 Å². The van der Waals surface area contributed by atoms with Crippen LogP contribution in [0, 0.1) is 0 Å². The van der Waals surface area contributed by atoms with Crippen molar-refractivity contribution in [3.63, 3.8) is 0 Å². The number of fused-ring (bicyclic) bond motifs is 1.